The molecule has 1 unspecified atom stereocenters. The van der Waals surface area contributed by atoms with Gasteiger partial charge in [-0.3, -0.25) is 9.20 Å². The summed E-state index contributed by atoms with van der Waals surface area (Å²) in [4.78, 5) is 15.4. The molecule has 0 saturated carbocycles. The van der Waals surface area contributed by atoms with Gasteiger partial charge in [-0.25, -0.2) is 4.98 Å². The van der Waals surface area contributed by atoms with Gasteiger partial charge < -0.3 is 10.8 Å². The van der Waals surface area contributed by atoms with E-state index in [1.807, 2.05) is 11.6 Å². The molecule has 0 bridgehead atoms. The number of aromatic nitrogens is 2. The predicted octanol–water partition coefficient (Wildman–Crippen LogP) is 0.480. The van der Waals surface area contributed by atoms with Crippen LogP contribution >= 0.6 is 11.3 Å². The zero-order chi connectivity index (χ0) is 9.42. The Morgan fingerprint density at radius 2 is 2.54 bits per heavy atom. The van der Waals surface area contributed by atoms with Crippen LogP contribution in [0.1, 0.15) is 11.7 Å². The number of rotatable bonds is 2. The molecule has 6 heteroatoms. The van der Waals surface area contributed by atoms with E-state index in [-0.39, 0.29) is 0 Å². The molecule has 0 saturated heterocycles. The van der Waals surface area contributed by atoms with Crippen LogP contribution in [0.5, 0.6) is 0 Å². The molecule has 0 aliphatic rings. The number of imidazole rings is 1. The van der Waals surface area contributed by atoms with Crippen LogP contribution in [0.25, 0.3) is 4.96 Å². The number of hydrogen-bond donors (Lipinski definition) is 2. The Labute approximate surface area is 77.4 Å². The Hall–Kier alpha value is -1.40. The number of carboxylic acids is 1. The van der Waals surface area contributed by atoms with E-state index in [0.29, 0.717) is 5.69 Å². The van der Waals surface area contributed by atoms with Gasteiger partial charge in [0, 0.05) is 17.8 Å². The number of thiazole rings is 1. The number of carboxylic acid groups (broad SMARTS) is 1. The molecule has 2 rings (SSSR count). The standard InChI is InChI=1S/C7H7N3O2S/c8-5(6(11)12)4-3-10-1-2-13-7(10)9-4/h1-3,5H,8H2,(H,11,12). The third-order valence-electron chi connectivity index (χ3n) is 1.70. The number of nitrogens with zero attached hydrogens (tertiary/aromatic N) is 2. The Morgan fingerprint density at radius 3 is 3.15 bits per heavy atom. The van der Waals surface area contributed by atoms with E-state index in [1.165, 1.54) is 11.3 Å². The average Bonchev–Trinajstić information content (AvgIpc) is 2.59. The smallest absolute Gasteiger partial charge is 0.326 e. The Balaban J connectivity index is 2.44. The van der Waals surface area contributed by atoms with Crippen molar-refractivity contribution in [2.45, 2.75) is 6.04 Å². The number of carbonyl (C=O) groups is 1. The van der Waals surface area contributed by atoms with Crippen LogP contribution in [-0.4, -0.2) is 20.5 Å². The first-order valence-electron chi connectivity index (χ1n) is 3.59. The van der Waals surface area contributed by atoms with E-state index in [4.69, 9.17) is 10.8 Å². The molecule has 0 fully saturated rings. The summed E-state index contributed by atoms with van der Waals surface area (Å²) < 4.78 is 1.75. The van der Waals surface area contributed by atoms with Crippen LogP contribution in [0.3, 0.4) is 0 Å². The Bertz CT molecular complexity index is 419. The minimum atomic E-state index is -1.06. The van der Waals surface area contributed by atoms with Crippen molar-refractivity contribution in [2.75, 3.05) is 0 Å². The van der Waals surface area contributed by atoms with E-state index >= 15 is 0 Å². The van der Waals surface area contributed by atoms with Gasteiger partial charge in [-0.2, -0.15) is 0 Å². The largest absolute Gasteiger partial charge is 0.480 e. The third-order valence-corrected chi connectivity index (χ3v) is 2.47. The highest BCUT2D eigenvalue weighted by Gasteiger charge is 2.17. The summed E-state index contributed by atoms with van der Waals surface area (Å²) in [5.41, 5.74) is 5.78. The fourth-order valence-corrected chi connectivity index (χ4v) is 1.73. The van der Waals surface area contributed by atoms with Gasteiger partial charge in [0.25, 0.3) is 0 Å². The third kappa shape index (κ3) is 1.30. The lowest BCUT2D eigenvalue weighted by Crippen LogP contribution is -2.20. The first-order valence-corrected chi connectivity index (χ1v) is 4.47. The first-order chi connectivity index (χ1) is 6.18. The maximum absolute atomic E-state index is 10.5. The van der Waals surface area contributed by atoms with Crippen molar-refractivity contribution in [3.63, 3.8) is 0 Å². The zero-order valence-corrected chi connectivity index (χ0v) is 7.36. The number of fused-ring (bicyclic) bond motifs is 1. The molecule has 5 nitrogen and oxygen atoms in total. The van der Waals surface area contributed by atoms with Gasteiger partial charge in [0.05, 0.1) is 5.69 Å². The maximum atomic E-state index is 10.5. The quantitative estimate of drug-likeness (QED) is 0.733. The zero-order valence-electron chi connectivity index (χ0n) is 6.54. The van der Waals surface area contributed by atoms with Gasteiger partial charge in [-0.1, -0.05) is 0 Å². The summed E-state index contributed by atoms with van der Waals surface area (Å²) in [6, 6.07) is -1.04. The molecule has 0 radical (unpaired) electrons. The molecular formula is C7H7N3O2S. The van der Waals surface area contributed by atoms with Gasteiger partial charge >= 0.3 is 5.97 Å². The fourth-order valence-electron chi connectivity index (χ4n) is 1.02. The number of hydrogen-bond acceptors (Lipinski definition) is 4. The van der Waals surface area contributed by atoms with Gasteiger partial charge in [0.15, 0.2) is 4.96 Å². The second-order valence-electron chi connectivity index (χ2n) is 2.57. The molecule has 68 valence electrons. The molecule has 2 aromatic heterocycles. The summed E-state index contributed by atoms with van der Waals surface area (Å²) in [5, 5.41) is 10.5. The highest BCUT2D eigenvalue weighted by molar-refractivity contribution is 7.15. The Morgan fingerprint density at radius 1 is 1.77 bits per heavy atom. The lowest BCUT2D eigenvalue weighted by molar-refractivity contribution is -0.138. The van der Waals surface area contributed by atoms with Crippen LogP contribution < -0.4 is 5.73 Å². The lowest BCUT2D eigenvalue weighted by Gasteiger charge is -1.99. The van der Waals surface area contributed by atoms with Gasteiger partial charge in [0.2, 0.25) is 0 Å². The summed E-state index contributed by atoms with van der Waals surface area (Å²) in [6.45, 7) is 0. The second kappa shape index (κ2) is 2.82. The van der Waals surface area contributed by atoms with Crippen molar-refractivity contribution in [1.82, 2.24) is 9.38 Å². The van der Waals surface area contributed by atoms with Crippen LogP contribution in [0.4, 0.5) is 0 Å². The molecule has 0 aliphatic heterocycles. The minimum Gasteiger partial charge on any atom is -0.480 e. The molecule has 0 aromatic carbocycles. The van der Waals surface area contributed by atoms with Crippen molar-refractivity contribution in [1.29, 1.82) is 0 Å². The van der Waals surface area contributed by atoms with Crippen LogP contribution in [0.15, 0.2) is 17.8 Å². The van der Waals surface area contributed by atoms with Crippen molar-refractivity contribution in [3.05, 3.63) is 23.5 Å². The van der Waals surface area contributed by atoms with Gasteiger partial charge in [-0.15, -0.1) is 11.3 Å². The maximum Gasteiger partial charge on any atom is 0.326 e. The topological polar surface area (TPSA) is 80.6 Å². The molecular weight excluding hydrogens is 190 g/mol. The van der Waals surface area contributed by atoms with E-state index in [2.05, 4.69) is 4.98 Å². The first kappa shape index (κ1) is 8.21. The second-order valence-corrected chi connectivity index (χ2v) is 3.45. The molecule has 0 spiro atoms. The summed E-state index contributed by atoms with van der Waals surface area (Å²) >= 11 is 1.44. The summed E-state index contributed by atoms with van der Waals surface area (Å²) in [5.74, 6) is -1.06. The number of nitrogens with two attached hydrogens (primary N) is 1. The summed E-state index contributed by atoms with van der Waals surface area (Å²) in [6.07, 6.45) is 3.44. The molecule has 2 heterocycles. The van der Waals surface area contributed by atoms with E-state index in [1.54, 1.807) is 10.6 Å². The van der Waals surface area contributed by atoms with E-state index in [9.17, 15) is 4.79 Å². The van der Waals surface area contributed by atoms with Crippen LogP contribution in [-0.2, 0) is 4.79 Å². The van der Waals surface area contributed by atoms with Crippen molar-refractivity contribution in [2.24, 2.45) is 5.73 Å². The van der Waals surface area contributed by atoms with Crippen molar-refractivity contribution >= 4 is 22.3 Å². The molecule has 13 heavy (non-hydrogen) atoms. The van der Waals surface area contributed by atoms with Crippen LogP contribution in [0.2, 0.25) is 0 Å². The summed E-state index contributed by atoms with van der Waals surface area (Å²) in [7, 11) is 0. The van der Waals surface area contributed by atoms with Gasteiger partial charge in [0.1, 0.15) is 6.04 Å². The average molecular weight is 197 g/mol. The molecule has 1 atom stereocenters. The molecule has 0 aliphatic carbocycles. The SMILES string of the molecule is NC(C(=O)O)c1cn2ccsc2n1. The highest BCUT2D eigenvalue weighted by atomic mass is 32.1. The normalized spacial score (nSPS) is 13.3. The monoisotopic (exact) mass is 197 g/mol. The number of aliphatic carboxylic acids is 1. The predicted molar refractivity (Wildman–Crippen MR) is 47.6 cm³/mol. The van der Waals surface area contributed by atoms with Crippen molar-refractivity contribution < 1.29 is 9.90 Å². The Kier molecular flexibility index (Phi) is 1.78. The van der Waals surface area contributed by atoms with Crippen LogP contribution in [0, 0.1) is 0 Å². The minimum absolute atomic E-state index is 0.388. The fraction of sp³-hybridized carbons (Fsp3) is 0.143. The lowest BCUT2D eigenvalue weighted by atomic mass is 10.2. The molecule has 3 N–H and O–H groups in total. The van der Waals surface area contributed by atoms with Crippen molar-refractivity contribution in [3.8, 4) is 0 Å². The molecule has 0 amide bonds. The molecule has 2 aromatic rings. The highest BCUT2D eigenvalue weighted by Crippen LogP contribution is 2.15. The van der Waals surface area contributed by atoms with E-state index < -0.39 is 12.0 Å². The van der Waals surface area contributed by atoms with E-state index in [0.717, 1.165) is 4.96 Å². The van der Waals surface area contributed by atoms with Gasteiger partial charge in [-0.05, 0) is 0 Å².